The Labute approximate surface area is 108 Å². The molecule has 0 radical (unpaired) electrons. The van der Waals surface area contributed by atoms with Gasteiger partial charge in [0.05, 0.1) is 5.71 Å². The fourth-order valence-electron chi connectivity index (χ4n) is 2.16. The molecule has 1 heterocycles. The molecule has 0 saturated heterocycles. The van der Waals surface area contributed by atoms with Gasteiger partial charge in [-0.15, -0.1) is 0 Å². The van der Waals surface area contributed by atoms with Crippen LogP contribution in [0.3, 0.4) is 0 Å². The quantitative estimate of drug-likeness (QED) is 0.744. The predicted molar refractivity (Wildman–Crippen MR) is 75.9 cm³/mol. The number of hydrogen-bond donors (Lipinski definition) is 1. The van der Waals surface area contributed by atoms with Gasteiger partial charge in [-0.3, -0.25) is 4.79 Å². The Morgan fingerprint density at radius 1 is 1.44 bits per heavy atom. The molecule has 4 heteroatoms. The summed E-state index contributed by atoms with van der Waals surface area (Å²) < 4.78 is 0. The highest BCUT2D eigenvalue weighted by atomic mass is 16.1. The summed E-state index contributed by atoms with van der Waals surface area (Å²) in [4.78, 5) is 20.4. The van der Waals surface area contributed by atoms with E-state index in [9.17, 15) is 4.79 Å². The third-order valence-electron chi connectivity index (χ3n) is 3.14. The largest absolute Gasteiger partial charge is 0.367 e. The molecule has 0 spiro atoms. The summed E-state index contributed by atoms with van der Waals surface area (Å²) >= 11 is 0. The van der Waals surface area contributed by atoms with Gasteiger partial charge >= 0.3 is 0 Å². The van der Waals surface area contributed by atoms with Crippen molar-refractivity contribution < 1.29 is 4.79 Å². The first-order chi connectivity index (χ1) is 8.45. The third kappa shape index (κ3) is 2.58. The highest BCUT2D eigenvalue weighted by Gasteiger charge is 2.46. The molecule has 0 fully saturated rings. The Bertz CT molecular complexity index is 446. The maximum atomic E-state index is 11.8. The van der Waals surface area contributed by atoms with Crippen molar-refractivity contribution in [3.05, 3.63) is 24.3 Å². The van der Waals surface area contributed by atoms with Gasteiger partial charge in [0.25, 0.3) is 5.91 Å². The highest BCUT2D eigenvalue weighted by Crippen LogP contribution is 2.29. The van der Waals surface area contributed by atoms with Crippen LogP contribution in [0.15, 0.2) is 34.3 Å². The second-order valence-corrected chi connectivity index (χ2v) is 4.50. The first-order valence-corrected chi connectivity index (χ1v) is 6.20. The minimum Gasteiger partial charge on any atom is -0.367 e. The Balaban J connectivity index is 3.02. The van der Waals surface area contributed by atoms with Gasteiger partial charge in [0, 0.05) is 5.92 Å². The monoisotopic (exact) mass is 247 g/mol. The van der Waals surface area contributed by atoms with Crippen LogP contribution in [0.2, 0.25) is 0 Å². The zero-order valence-corrected chi connectivity index (χ0v) is 11.5. The lowest BCUT2D eigenvalue weighted by Gasteiger charge is -2.27. The van der Waals surface area contributed by atoms with Crippen molar-refractivity contribution in [2.24, 2.45) is 21.6 Å². The lowest BCUT2D eigenvalue weighted by atomic mass is 9.81. The van der Waals surface area contributed by atoms with Gasteiger partial charge in [-0.1, -0.05) is 38.2 Å². The number of nitrogens with zero attached hydrogens (tertiary/aromatic N) is 2. The normalized spacial score (nSPS) is 25.6. The molecule has 1 aliphatic heterocycles. The average Bonchev–Trinajstić information content (AvgIpc) is 2.60. The second kappa shape index (κ2) is 5.76. The molecule has 1 amide bonds. The molecule has 0 aromatic heterocycles. The molecule has 1 aliphatic rings. The zero-order chi connectivity index (χ0) is 13.8. The minimum atomic E-state index is -1.01. The minimum absolute atomic E-state index is 0.113. The first-order valence-electron chi connectivity index (χ1n) is 6.20. The van der Waals surface area contributed by atoms with Crippen molar-refractivity contribution in [3.8, 4) is 0 Å². The molecule has 0 saturated carbocycles. The molecule has 2 N–H and O–H groups in total. The van der Waals surface area contributed by atoms with Gasteiger partial charge in [-0.25, -0.2) is 9.98 Å². The standard InChI is InChI=1S/C14H21N3O/c1-5-6-7-8-9-10(2)14(13(15)18)11(3)16-12(4)17-14/h6-10H,5H2,1-4H3,(H2,15,18)/b7-6+,9-8+. The maximum Gasteiger partial charge on any atom is 0.251 e. The van der Waals surface area contributed by atoms with E-state index in [1.165, 1.54) is 0 Å². The summed E-state index contributed by atoms with van der Waals surface area (Å²) in [7, 11) is 0. The molecule has 0 aliphatic carbocycles. The van der Waals surface area contributed by atoms with Crippen LogP contribution < -0.4 is 5.73 Å². The molecule has 4 nitrogen and oxygen atoms in total. The number of hydrogen-bond acceptors (Lipinski definition) is 3. The van der Waals surface area contributed by atoms with E-state index in [0.29, 0.717) is 11.5 Å². The molecule has 2 unspecified atom stereocenters. The van der Waals surface area contributed by atoms with Crippen LogP contribution in [-0.4, -0.2) is 23.0 Å². The van der Waals surface area contributed by atoms with Gasteiger partial charge in [0.1, 0.15) is 5.84 Å². The zero-order valence-electron chi connectivity index (χ0n) is 11.5. The number of rotatable bonds is 5. The van der Waals surface area contributed by atoms with Crippen LogP contribution in [0.25, 0.3) is 0 Å². The summed E-state index contributed by atoms with van der Waals surface area (Å²) in [6, 6.07) is 0. The lowest BCUT2D eigenvalue weighted by molar-refractivity contribution is -0.121. The van der Waals surface area contributed by atoms with Crippen LogP contribution in [0.4, 0.5) is 0 Å². The van der Waals surface area contributed by atoms with Crippen molar-refractivity contribution in [1.82, 2.24) is 0 Å². The van der Waals surface area contributed by atoms with Gasteiger partial charge in [-0.05, 0) is 20.3 Å². The smallest absolute Gasteiger partial charge is 0.251 e. The summed E-state index contributed by atoms with van der Waals surface area (Å²) in [5.41, 5.74) is 5.20. The van der Waals surface area contributed by atoms with E-state index in [-0.39, 0.29) is 5.92 Å². The molecule has 0 aromatic carbocycles. The number of aliphatic imine (C=N–C) groups is 2. The fraction of sp³-hybridized carbons (Fsp3) is 0.500. The molecule has 0 aromatic rings. The second-order valence-electron chi connectivity index (χ2n) is 4.50. The summed E-state index contributed by atoms with van der Waals surface area (Å²) in [5.74, 6) is 0.0468. The maximum absolute atomic E-state index is 11.8. The SMILES string of the molecule is CC/C=C/C=C/C(C)C1(C(N)=O)N=C(C)N=C1C. The average molecular weight is 247 g/mol. The van der Waals surface area contributed by atoms with Crippen molar-refractivity contribution in [3.63, 3.8) is 0 Å². The number of primary amides is 1. The van der Waals surface area contributed by atoms with Gasteiger partial charge in [0.2, 0.25) is 0 Å². The molecule has 0 bridgehead atoms. The summed E-state index contributed by atoms with van der Waals surface area (Å²) in [5, 5.41) is 0. The van der Waals surface area contributed by atoms with Crippen molar-refractivity contribution in [1.29, 1.82) is 0 Å². The lowest BCUT2D eigenvalue weighted by Crippen LogP contribution is -2.51. The van der Waals surface area contributed by atoms with Crippen molar-refractivity contribution >= 4 is 17.5 Å². The van der Waals surface area contributed by atoms with E-state index in [0.717, 1.165) is 6.42 Å². The van der Waals surface area contributed by atoms with Crippen LogP contribution in [0, 0.1) is 5.92 Å². The van der Waals surface area contributed by atoms with Crippen LogP contribution in [-0.2, 0) is 4.79 Å². The topological polar surface area (TPSA) is 67.8 Å². The highest BCUT2D eigenvalue weighted by molar-refractivity contribution is 6.19. The molecule has 98 valence electrons. The molecular formula is C14H21N3O. The Kier molecular flexibility index (Phi) is 4.59. The number of amides is 1. The predicted octanol–water partition coefficient (Wildman–Crippen LogP) is 2.26. The Morgan fingerprint density at radius 2 is 2.11 bits per heavy atom. The molecular weight excluding hydrogens is 226 g/mol. The molecule has 1 rings (SSSR count). The molecule has 2 atom stereocenters. The van der Waals surface area contributed by atoms with Crippen LogP contribution in [0.5, 0.6) is 0 Å². The number of carbonyl (C=O) groups excluding carboxylic acids is 1. The third-order valence-corrected chi connectivity index (χ3v) is 3.14. The van der Waals surface area contributed by atoms with E-state index < -0.39 is 11.4 Å². The van der Waals surface area contributed by atoms with Crippen LogP contribution in [0.1, 0.15) is 34.1 Å². The summed E-state index contributed by atoms with van der Waals surface area (Å²) in [6.45, 7) is 7.58. The number of amidine groups is 1. The van der Waals surface area contributed by atoms with Crippen LogP contribution >= 0.6 is 0 Å². The van der Waals surface area contributed by atoms with Gasteiger partial charge < -0.3 is 5.73 Å². The Morgan fingerprint density at radius 3 is 2.56 bits per heavy atom. The van der Waals surface area contributed by atoms with E-state index in [1.807, 2.05) is 31.2 Å². The van der Waals surface area contributed by atoms with Gasteiger partial charge in [0.15, 0.2) is 5.54 Å². The van der Waals surface area contributed by atoms with E-state index >= 15 is 0 Å². The van der Waals surface area contributed by atoms with Crippen molar-refractivity contribution in [2.45, 2.75) is 39.7 Å². The van der Waals surface area contributed by atoms with Gasteiger partial charge in [-0.2, -0.15) is 0 Å². The molecule has 18 heavy (non-hydrogen) atoms. The van der Waals surface area contributed by atoms with E-state index in [2.05, 4.69) is 16.9 Å². The fourth-order valence-corrected chi connectivity index (χ4v) is 2.16. The summed E-state index contributed by atoms with van der Waals surface area (Å²) in [6.07, 6.45) is 8.86. The Hall–Kier alpha value is -1.71. The number of carbonyl (C=O) groups is 1. The first kappa shape index (κ1) is 14.4. The van der Waals surface area contributed by atoms with E-state index in [4.69, 9.17) is 5.73 Å². The van der Waals surface area contributed by atoms with E-state index in [1.54, 1.807) is 13.8 Å². The number of allylic oxidation sites excluding steroid dienone is 3. The number of nitrogens with two attached hydrogens (primary N) is 1. The van der Waals surface area contributed by atoms with Crippen molar-refractivity contribution in [2.75, 3.05) is 0 Å².